The highest BCUT2D eigenvalue weighted by atomic mass is 16.5. The molecule has 1 aromatic carbocycles. The minimum absolute atomic E-state index is 0.564. The summed E-state index contributed by atoms with van der Waals surface area (Å²) < 4.78 is 5.59. The maximum atomic E-state index is 5.59. The van der Waals surface area contributed by atoms with Crippen LogP contribution in [0.5, 0.6) is 0 Å². The second kappa shape index (κ2) is 6.91. The quantitative estimate of drug-likeness (QED) is 0.925. The standard InChI is InChI=1S/C18H28N2O/c1-14-11-15(2)13-17(12-14)18(16-3-9-21-10-4-16)20-7-5-19-6-8-20/h11-13,16,18-19H,3-10H2,1-2H3/t18-/m0/s1. The van der Waals surface area contributed by atoms with Gasteiger partial charge in [0, 0.05) is 45.4 Å². The van der Waals surface area contributed by atoms with Crippen LogP contribution in [-0.4, -0.2) is 44.3 Å². The number of nitrogens with zero attached hydrogens (tertiary/aromatic N) is 1. The monoisotopic (exact) mass is 288 g/mol. The van der Waals surface area contributed by atoms with Gasteiger partial charge in [-0.1, -0.05) is 29.3 Å². The van der Waals surface area contributed by atoms with Gasteiger partial charge in [0.1, 0.15) is 0 Å². The topological polar surface area (TPSA) is 24.5 Å². The van der Waals surface area contributed by atoms with Gasteiger partial charge in [-0.25, -0.2) is 0 Å². The van der Waals surface area contributed by atoms with Crippen molar-refractivity contribution >= 4 is 0 Å². The lowest BCUT2D eigenvalue weighted by Gasteiger charge is -2.41. The first-order chi connectivity index (χ1) is 10.2. The van der Waals surface area contributed by atoms with E-state index in [1.54, 1.807) is 0 Å². The fourth-order valence-electron chi connectivity index (χ4n) is 3.95. The molecule has 116 valence electrons. The van der Waals surface area contributed by atoms with Gasteiger partial charge in [0.05, 0.1) is 0 Å². The Hall–Kier alpha value is -0.900. The summed E-state index contributed by atoms with van der Waals surface area (Å²) in [5.41, 5.74) is 4.29. The second-order valence-electron chi connectivity index (χ2n) is 6.60. The SMILES string of the molecule is Cc1cc(C)cc([C@H](C2CCOCC2)N2CCNCC2)c1. The Morgan fingerprint density at radius 2 is 1.67 bits per heavy atom. The average Bonchev–Trinajstić information content (AvgIpc) is 2.49. The van der Waals surface area contributed by atoms with Gasteiger partial charge < -0.3 is 10.1 Å². The zero-order chi connectivity index (χ0) is 14.7. The molecule has 0 spiro atoms. The average molecular weight is 288 g/mol. The highest BCUT2D eigenvalue weighted by molar-refractivity contribution is 5.31. The molecule has 2 heterocycles. The van der Waals surface area contributed by atoms with Gasteiger partial charge >= 0.3 is 0 Å². The van der Waals surface area contributed by atoms with Crippen LogP contribution in [0, 0.1) is 19.8 Å². The predicted molar refractivity (Wildman–Crippen MR) is 86.6 cm³/mol. The summed E-state index contributed by atoms with van der Waals surface area (Å²) in [5.74, 6) is 0.734. The first-order valence-electron chi connectivity index (χ1n) is 8.35. The van der Waals surface area contributed by atoms with Crippen LogP contribution in [0.4, 0.5) is 0 Å². The fourth-order valence-corrected chi connectivity index (χ4v) is 3.95. The summed E-state index contributed by atoms with van der Waals surface area (Å²) in [5, 5.41) is 3.48. The molecule has 2 aliphatic heterocycles. The van der Waals surface area contributed by atoms with Gasteiger partial charge in [-0.3, -0.25) is 4.90 Å². The highest BCUT2D eigenvalue weighted by Gasteiger charge is 2.31. The Labute approximate surface area is 128 Å². The molecule has 3 nitrogen and oxygen atoms in total. The van der Waals surface area contributed by atoms with E-state index in [1.807, 2.05) is 0 Å². The predicted octanol–water partition coefficient (Wildman–Crippen LogP) is 2.68. The number of ether oxygens (including phenoxy) is 1. The molecule has 0 radical (unpaired) electrons. The molecule has 0 saturated carbocycles. The van der Waals surface area contributed by atoms with Crippen molar-refractivity contribution in [2.75, 3.05) is 39.4 Å². The molecule has 0 aliphatic carbocycles. The van der Waals surface area contributed by atoms with E-state index in [0.29, 0.717) is 6.04 Å². The van der Waals surface area contributed by atoms with Gasteiger partial charge in [-0.15, -0.1) is 0 Å². The minimum atomic E-state index is 0.564. The second-order valence-corrected chi connectivity index (χ2v) is 6.60. The van der Waals surface area contributed by atoms with Gasteiger partial charge in [0.25, 0.3) is 0 Å². The molecule has 0 aromatic heterocycles. The van der Waals surface area contributed by atoms with E-state index in [1.165, 1.54) is 29.5 Å². The normalized spacial score (nSPS) is 23.1. The van der Waals surface area contributed by atoms with Crippen molar-refractivity contribution in [2.24, 2.45) is 5.92 Å². The molecule has 3 rings (SSSR count). The smallest absolute Gasteiger partial charge is 0.0469 e. The van der Waals surface area contributed by atoms with E-state index < -0.39 is 0 Å². The first kappa shape index (κ1) is 15.0. The summed E-state index contributed by atoms with van der Waals surface area (Å²) in [6, 6.07) is 7.64. The van der Waals surface area contributed by atoms with E-state index in [4.69, 9.17) is 4.74 Å². The third-order valence-electron chi connectivity index (χ3n) is 4.84. The number of hydrogen-bond donors (Lipinski definition) is 1. The van der Waals surface area contributed by atoms with Crippen LogP contribution in [0.15, 0.2) is 18.2 Å². The fraction of sp³-hybridized carbons (Fsp3) is 0.667. The van der Waals surface area contributed by atoms with Crippen molar-refractivity contribution in [3.63, 3.8) is 0 Å². The van der Waals surface area contributed by atoms with Gasteiger partial charge in [-0.05, 0) is 38.2 Å². The van der Waals surface area contributed by atoms with Crippen LogP contribution >= 0.6 is 0 Å². The Morgan fingerprint density at radius 3 is 2.29 bits per heavy atom. The van der Waals surface area contributed by atoms with Crippen molar-refractivity contribution in [3.8, 4) is 0 Å². The molecule has 0 unspecified atom stereocenters. The zero-order valence-corrected chi connectivity index (χ0v) is 13.4. The van der Waals surface area contributed by atoms with Crippen LogP contribution in [-0.2, 0) is 4.74 Å². The van der Waals surface area contributed by atoms with Crippen molar-refractivity contribution < 1.29 is 4.74 Å². The summed E-state index contributed by atoms with van der Waals surface area (Å²) in [7, 11) is 0. The van der Waals surface area contributed by atoms with E-state index in [-0.39, 0.29) is 0 Å². The Kier molecular flexibility index (Phi) is 4.94. The van der Waals surface area contributed by atoms with Gasteiger partial charge in [-0.2, -0.15) is 0 Å². The van der Waals surface area contributed by atoms with Crippen molar-refractivity contribution in [2.45, 2.75) is 32.7 Å². The number of hydrogen-bond acceptors (Lipinski definition) is 3. The number of piperazine rings is 1. The molecule has 1 atom stereocenters. The molecule has 1 aromatic rings. The van der Waals surface area contributed by atoms with Crippen LogP contribution < -0.4 is 5.32 Å². The minimum Gasteiger partial charge on any atom is -0.381 e. The molecule has 3 heteroatoms. The van der Waals surface area contributed by atoms with Crippen molar-refractivity contribution in [3.05, 3.63) is 34.9 Å². The van der Waals surface area contributed by atoms with Crippen LogP contribution in [0.2, 0.25) is 0 Å². The highest BCUT2D eigenvalue weighted by Crippen LogP contribution is 2.36. The number of rotatable bonds is 3. The third-order valence-corrected chi connectivity index (χ3v) is 4.84. The Bertz CT molecular complexity index is 424. The van der Waals surface area contributed by atoms with E-state index >= 15 is 0 Å². The van der Waals surface area contributed by atoms with Crippen LogP contribution in [0.1, 0.15) is 35.6 Å². The molecule has 21 heavy (non-hydrogen) atoms. The zero-order valence-electron chi connectivity index (χ0n) is 13.4. The molecular formula is C18H28N2O. The lowest BCUT2D eigenvalue weighted by atomic mass is 9.84. The number of aryl methyl sites for hydroxylation is 2. The molecule has 0 amide bonds. The largest absolute Gasteiger partial charge is 0.381 e. The molecular weight excluding hydrogens is 260 g/mol. The van der Waals surface area contributed by atoms with Gasteiger partial charge in [0.2, 0.25) is 0 Å². The number of benzene rings is 1. The molecule has 2 aliphatic rings. The summed E-state index contributed by atoms with van der Waals surface area (Å²) in [6.45, 7) is 10.8. The maximum Gasteiger partial charge on any atom is 0.0469 e. The number of nitrogens with one attached hydrogen (secondary N) is 1. The van der Waals surface area contributed by atoms with Crippen molar-refractivity contribution in [1.82, 2.24) is 10.2 Å². The molecule has 1 N–H and O–H groups in total. The van der Waals surface area contributed by atoms with Crippen molar-refractivity contribution in [1.29, 1.82) is 0 Å². The third kappa shape index (κ3) is 3.65. The summed E-state index contributed by atoms with van der Waals surface area (Å²) in [4.78, 5) is 2.70. The first-order valence-corrected chi connectivity index (χ1v) is 8.35. The maximum absolute atomic E-state index is 5.59. The van der Waals surface area contributed by atoms with E-state index in [9.17, 15) is 0 Å². The Balaban J connectivity index is 1.89. The Morgan fingerprint density at radius 1 is 1.05 bits per heavy atom. The molecule has 0 bridgehead atoms. The lowest BCUT2D eigenvalue weighted by molar-refractivity contribution is 0.0213. The summed E-state index contributed by atoms with van der Waals surface area (Å²) in [6.07, 6.45) is 2.39. The molecule has 2 fully saturated rings. The summed E-state index contributed by atoms with van der Waals surface area (Å²) >= 11 is 0. The van der Waals surface area contributed by atoms with E-state index in [0.717, 1.165) is 45.3 Å². The lowest BCUT2D eigenvalue weighted by Crippen LogP contribution is -2.47. The van der Waals surface area contributed by atoms with Crippen LogP contribution in [0.3, 0.4) is 0 Å². The van der Waals surface area contributed by atoms with Gasteiger partial charge in [0.15, 0.2) is 0 Å². The molecule has 2 saturated heterocycles. The van der Waals surface area contributed by atoms with Crippen LogP contribution in [0.25, 0.3) is 0 Å². The van der Waals surface area contributed by atoms with E-state index in [2.05, 4.69) is 42.3 Å².